The Morgan fingerprint density at radius 3 is 2.92 bits per heavy atom. The molecule has 0 atom stereocenters. The van der Waals surface area contributed by atoms with Gasteiger partial charge in [-0.05, 0) is 12.1 Å². The third-order valence-electron chi connectivity index (χ3n) is 1.98. The monoisotopic (exact) mass is 177 g/mol. The molecule has 0 aliphatic rings. The summed E-state index contributed by atoms with van der Waals surface area (Å²) in [6, 6.07) is 3.75. The van der Waals surface area contributed by atoms with Crippen LogP contribution >= 0.6 is 0 Å². The Hall–Kier alpha value is -1.71. The minimum atomic E-state index is 0.619. The average molecular weight is 177 g/mol. The number of methoxy groups -OCH3 is 1. The van der Waals surface area contributed by atoms with Gasteiger partial charge in [0.1, 0.15) is 5.52 Å². The Balaban J connectivity index is 2.82. The highest BCUT2D eigenvalue weighted by Crippen LogP contribution is 2.29. The van der Waals surface area contributed by atoms with Crippen molar-refractivity contribution in [2.24, 2.45) is 7.05 Å². The molecule has 1 heterocycles. The van der Waals surface area contributed by atoms with E-state index in [4.69, 9.17) is 10.5 Å². The Morgan fingerprint density at radius 1 is 1.46 bits per heavy atom. The smallest absolute Gasteiger partial charge is 0.169 e. The van der Waals surface area contributed by atoms with Crippen LogP contribution in [0.1, 0.15) is 0 Å². The molecule has 4 nitrogen and oxygen atoms in total. The van der Waals surface area contributed by atoms with E-state index in [1.54, 1.807) is 11.8 Å². The van der Waals surface area contributed by atoms with E-state index < -0.39 is 0 Å². The molecule has 68 valence electrons. The van der Waals surface area contributed by atoms with Gasteiger partial charge < -0.3 is 10.5 Å². The Bertz CT molecular complexity index is 447. The van der Waals surface area contributed by atoms with E-state index in [9.17, 15) is 0 Å². The van der Waals surface area contributed by atoms with E-state index in [1.807, 2.05) is 25.4 Å². The Morgan fingerprint density at radius 2 is 2.23 bits per heavy atom. The van der Waals surface area contributed by atoms with Crippen LogP contribution < -0.4 is 10.5 Å². The fourth-order valence-corrected chi connectivity index (χ4v) is 1.41. The van der Waals surface area contributed by atoms with Gasteiger partial charge >= 0.3 is 0 Å². The second-order valence-corrected chi connectivity index (χ2v) is 2.93. The van der Waals surface area contributed by atoms with E-state index >= 15 is 0 Å². The number of aromatic nitrogens is 2. The SMILES string of the molecule is COc1c(N)ccc2cn(C)nc12. The number of anilines is 1. The summed E-state index contributed by atoms with van der Waals surface area (Å²) in [6.45, 7) is 0. The summed E-state index contributed by atoms with van der Waals surface area (Å²) < 4.78 is 6.91. The zero-order valence-corrected chi connectivity index (χ0v) is 7.61. The molecule has 0 saturated heterocycles. The lowest BCUT2D eigenvalue weighted by atomic mass is 10.2. The predicted molar refractivity (Wildman–Crippen MR) is 51.7 cm³/mol. The molecular weight excluding hydrogens is 166 g/mol. The second-order valence-electron chi connectivity index (χ2n) is 2.93. The number of benzene rings is 1. The van der Waals surface area contributed by atoms with Gasteiger partial charge in [0.2, 0.25) is 0 Å². The quantitative estimate of drug-likeness (QED) is 0.665. The molecule has 0 aliphatic heterocycles. The lowest BCUT2D eigenvalue weighted by Gasteiger charge is -2.03. The van der Waals surface area contributed by atoms with Crippen molar-refractivity contribution in [3.63, 3.8) is 0 Å². The molecular formula is C9H11N3O. The number of nitrogen functional groups attached to an aromatic ring is 1. The van der Waals surface area contributed by atoms with Crippen molar-refractivity contribution in [2.45, 2.75) is 0 Å². The summed E-state index contributed by atoms with van der Waals surface area (Å²) in [5.41, 5.74) is 7.16. The lowest BCUT2D eigenvalue weighted by molar-refractivity contribution is 0.420. The normalized spacial score (nSPS) is 10.6. The summed E-state index contributed by atoms with van der Waals surface area (Å²) in [6.07, 6.45) is 1.93. The van der Waals surface area contributed by atoms with Crippen LogP contribution in [0.3, 0.4) is 0 Å². The fourth-order valence-electron chi connectivity index (χ4n) is 1.41. The number of rotatable bonds is 1. The average Bonchev–Trinajstić information content (AvgIpc) is 2.45. The molecule has 2 rings (SSSR count). The van der Waals surface area contributed by atoms with Crippen LogP contribution in [0.4, 0.5) is 5.69 Å². The van der Waals surface area contributed by atoms with Crippen molar-refractivity contribution in [3.05, 3.63) is 18.3 Å². The third kappa shape index (κ3) is 1.11. The highest BCUT2D eigenvalue weighted by molar-refractivity contribution is 5.89. The fraction of sp³-hybridized carbons (Fsp3) is 0.222. The maximum Gasteiger partial charge on any atom is 0.169 e. The largest absolute Gasteiger partial charge is 0.492 e. The summed E-state index contributed by atoms with van der Waals surface area (Å²) in [4.78, 5) is 0. The number of nitrogens with two attached hydrogens (primary N) is 1. The minimum Gasteiger partial charge on any atom is -0.492 e. The zero-order chi connectivity index (χ0) is 9.42. The van der Waals surface area contributed by atoms with E-state index in [2.05, 4.69) is 5.10 Å². The maximum atomic E-state index is 5.73. The number of nitrogens with zero attached hydrogens (tertiary/aromatic N) is 2. The third-order valence-corrected chi connectivity index (χ3v) is 1.98. The van der Waals surface area contributed by atoms with Gasteiger partial charge in [-0.3, -0.25) is 4.68 Å². The van der Waals surface area contributed by atoms with Crippen LogP contribution in [0.15, 0.2) is 18.3 Å². The van der Waals surface area contributed by atoms with E-state index in [1.165, 1.54) is 0 Å². The summed E-state index contributed by atoms with van der Waals surface area (Å²) in [5, 5.41) is 5.29. The number of ether oxygens (including phenoxy) is 1. The van der Waals surface area contributed by atoms with Crippen LogP contribution in [0.5, 0.6) is 5.75 Å². The molecule has 0 fully saturated rings. The second kappa shape index (κ2) is 2.65. The lowest BCUT2D eigenvalue weighted by Crippen LogP contribution is -1.93. The maximum absolute atomic E-state index is 5.73. The molecule has 0 radical (unpaired) electrons. The van der Waals surface area contributed by atoms with Gasteiger partial charge in [-0.2, -0.15) is 5.10 Å². The van der Waals surface area contributed by atoms with Crippen molar-refractivity contribution in [1.29, 1.82) is 0 Å². The van der Waals surface area contributed by atoms with E-state index in [0.29, 0.717) is 11.4 Å². The Labute approximate surface area is 75.9 Å². The van der Waals surface area contributed by atoms with E-state index in [0.717, 1.165) is 10.9 Å². The topological polar surface area (TPSA) is 53.1 Å². The van der Waals surface area contributed by atoms with Crippen molar-refractivity contribution in [3.8, 4) is 5.75 Å². The van der Waals surface area contributed by atoms with Gasteiger partial charge in [-0.1, -0.05) is 0 Å². The summed E-state index contributed by atoms with van der Waals surface area (Å²) >= 11 is 0. The van der Waals surface area contributed by atoms with E-state index in [-0.39, 0.29) is 0 Å². The first-order valence-corrected chi connectivity index (χ1v) is 3.98. The number of hydrogen-bond donors (Lipinski definition) is 1. The highest BCUT2D eigenvalue weighted by atomic mass is 16.5. The van der Waals surface area contributed by atoms with Crippen LogP contribution in [0, 0.1) is 0 Å². The zero-order valence-electron chi connectivity index (χ0n) is 7.61. The molecule has 2 aromatic rings. The predicted octanol–water partition coefficient (Wildman–Crippen LogP) is 1.16. The molecule has 1 aromatic heterocycles. The van der Waals surface area contributed by atoms with Crippen molar-refractivity contribution in [2.75, 3.05) is 12.8 Å². The molecule has 0 saturated carbocycles. The molecule has 4 heteroatoms. The highest BCUT2D eigenvalue weighted by Gasteiger charge is 2.08. The standard InChI is InChI=1S/C9H11N3O/c1-12-5-6-3-4-7(10)9(13-2)8(6)11-12/h3-5H,10H2,1-2H3. The molecule has 0 bridgehead atoms. The summed E-state index contributed by atoms with van der Waals surface area (Å²) in [5.74, 6) is 0.651. The molecule has 2 N–H and O–H groups in total. The first-order valence-electron chi connectivity index (χ1n) is 3.98. The number of fused-ring (bicyclic) bond motifs is 1. The number of aryl methyl sites for hydroxylation is 1. The van der Waals surface area contributed by atoms with Gasteiger partial charge in [0.15, 0.2) is 5.75 Å². The van der Waals surface area contributed by atoms with Crippen LogP contribution in [-0.4, -0.2) is 16.9 Å². The molecule has 0 unspecified atom stereocenters. The summed E-state index contributed by atoms with van der Waals surface area (Å²) in [7, 11) is 3.47. The van der Waals surface area contributed by atoms with Crippen molar-refractivity contribution < 1.29 is 4.74 Å². The van der Waals surface area contributed by atoms with Crippen LogP contribution in [0.2, 0.25) is 0 Å². The first-order chi connectivity index (χ1) is 6.22. The minimum absolute atomic E-state index is 0.619. The molecule has 13 heavy (non-hydrogen) atoms. The van der Waals surface area contributed by atoms with Gasteiger partial charge in [-0.25, -0.2) is 0 Å². The molecule has 1 aromatic carbocycles. The van der Waals surface area contributed by atoms with Crippen molar-refractivity contribution in [1.82, 2.24) is 9.78 Å². The molecule has 0 spiro atoms. The van der Waals surface area contributed by atoms with Gasteiger partial charge in [0.25, 0.3) is 0 Å². The van der Waals surface area contributed by atoms with Gasteiger partial charge in [0, 0.05) is 18.6 Å². The molecule has 0 amide bonds. The Kier molecular flexibility index (Phi) is 1.62. The molecule has 0 aliphatic carbocycles. The van der Waals surface area contributed by atoms with Crippen LogP contribution in [0.25, 0.3) is 10.9 Å². The van der Waals surface area contributed by atoms with Crippen LogP contribution in [-0.2, 0) is 7.05 Å². The van der Waals surface area contributed by atoms with Gasteiger partial charge in [-0.15, -0.1) is 0 Å². The number of hydrogen-bond acceptors (Lipinski definition) is 3. The van der Waals surface area contributed by atoms with Gasteiger partial charge in [0.05, 0.1) is 12.8 Å². The van der Waals surface area contributed by atoms with Crippen molar-refractivity contribution >= 4 is 16.6 Å². The first kappa shape index (κ1) is 7.91.